The normalized spacial score (nSPS) is 13.7. The third-order valence-electron chi connectivity index (χ3n) is 4.37. The van der Waals surface area contributed by atoms with Gasteiger partial charge >= 0.3 is 0 Å². The van der Waals surface area contributed by atoms with Gasteiger partial charge in [0, 0.05) is 25.0 Å². The summed E-state index contributed by atoms with van der Waals surface area (Å²) in [4.78, 5) is 3.60. The standard InChI is InChI=1S/C19H14F2N2O2S/c20-16-10-17(21)12-18(11-16)26(24,25)23-8-5-15-9-14(1-2-19(15)23)13-3-6-22-7-4-13/h1-4,6-7,9-12H,5,8H2. The van der Waals surface area contributed by atoms with Crippen molar-refractivity contribution in [2.24, 2.45) is 0 Å². The minimum Gasteiger partial charge on any atom is -0.266 e. The fourth-order valence-electron chi connectivity index (χ4n) is 3.15. The molecule has 0 unspecified atom stereocenters. The first-order valence-electron chi connectivity index (χ1n) is 7.97. The van der Waals surface area contributed by atoms with Crippen molar-refractivity contribution in [2.45, 2.75) is 11.3 Å². The Bertz CT molecular complexity index is 1070. The van der Waals surface area contributed by atoms with Gasteiger partial charge in [0.25, 0.3) is 10.0 Å². The molecule has 0 fully saturated rings. The number of hydrogen-bond acceptors (Lipinski definition) is 3. The number of aromatic nitrogens is 1. The highest BCUT2D eigenvalue weighted by atomic mass is 32.2. The van der Waals surface area contributed by atoms with Gasteiger partial charge in [-0.2, -0.15) is 0 Å². The lowest BCUT2D eigenvalue weighted by molar-refractivity contribution is 0.566. The summed E-state index contributed by atoms with van der Waals surface area (Å²) in [6.45, 7) is 0.232. The lowest BCUT2D eigenvalue weighted by atomic mass is 10.0. The van der Waals surface area contributed by atoms with E-state index in [0.717, 1.165) is 28.8 Å². The lowest BCUT2D eigenvalue weighted by Gasteiger charge is -2.20. The van der Waals surface area contributed by atoms with Gasteiger partial charge in [-0.25, -0.2) is 17.2 Å². The third kappa shape index (κ3) is 2.84. The molecule has 0 amide bonds. The molecule has 4 nitrogen and oxygen atoms in total. The molecular formula is C19H14F2N2O2S. The van der Waals surface area contributed by atoms with E-state index in [-0.39, 0.29) is 11.4 Å². The second-order valence-corrected chi connectivity index (χ2v) is 7.87. The zero-order valence-electron chi connectivity index (χ0n) is 13.6. The number of fused-ring (bicyclic) bond motifs is 1. The highest BCUT2D eigenvalue weighted by Crippen LogP contribution is 2.35. The van der Waals surface area contributed by atoms with Crippen molar-refractivity contribution < 1.29 is 17.2 Å². The van der Waals surface area contributed by atoms with Crippen LogP contribution in [0.1, 0.15) is 5.56 Å². The summed E-state index contributed by atoms with van der Waals surface area (Å²) in [5.74, 6) is -1.84. The van der Waals surface area contributed by atoms with E-state index in [2.05, 4.69) is 4.98 Å². The Kier molecular flexibility index (Phi) is 3.96. The van der Waals surface area contributed by atoms with Gasteiger partial charge in [0.05, 0.1) is 10.6 Å². The van der Waals surface area contributed by atoms with E-state index in [1.54, 1.807) is 18.5 Å². The first-order chi connectivity index (χ1) is 12.4. The average molecular weight is 372 g/mol. The molecule has 132 valence electrons. The van der Waals surface area contributed by atoms with Crippen LogP contribution in [-0.4, -0.2) is 19.9 Å². The molecule has 0 radical (unpaired) electrons. The molecule has 0 spiro atoms. The third-order valence-corrected chi connectivity index (χ3v) is 6.16. The maximum absolute atomic E-state index is 13.5. The molecule has 1 aliphatic heterocycles. The summed E-state index contributed by atoms with van der Waals surface area (Å²) < 4.78 is 53.8. The molecule has 0 aliphatic carbocycles. The van der Waals surface area contributed by atoms with Crippen LogP contribution in [0.3, 0.4) is 0 Å². The molecule has 4 rings (SSSR count). The van der Waals surface area contributed by atoms with Crippen molar-refractivity contribution >= 4 is 15.7 Å². The minimum absolute atomic E-state index is 0.232. The van der Waals surface area contributed by atoms with Crippen molar-refractivity contribution in [3.05, 3.63) is 78.1 Å². The second-order valence-electron chi connectivity index (χ2n) is 6.01. The van der Waals surface area contributed by atoms with Crippen LogP contribution >= 0.6 is 0 Å². The van der Waals surface area contributed by atoms with Crippen molar-refractivity contribution in [3.8, 4) is 11.1 Å². The van der Waals surface area contributed by atoms with Gasteiger partial charge in [-0.3, -0.25) is 9.29 Å². The summed E-state index contributed by atoms with van der Waals surface area (Å²) in [6.07, 6.45) is 3.92. The lowest BCUT2D eigenvalue weighted by Crippen LogP contribution is -2.29. The van der Waals surface area contributed by atoms with Gasteiger partial charge in [-0.05, 0) is 59.5 Å². The molecule has 2 aromatic carbocycles. The Balaban J connectivity index is 1.74. The van der Waals surface area contributed by atoms with Gasteiger partial charge < -0.3 is 0 Å². The number of rotatable bonds is 3. The topological polar surface area (TPSA) is 50.3 Å². The van der Waals surface area contributed by atoms with Gasteiger partial charge in [-0.1, -0.05) is 6.07 Å². The fourth-order valence-corrected chi connectivity index (χ4v) is 4.70. The van der Waals surface area contributed by atoms with E-state index in [1.165, 1.54) is 4.31 Å². The van der Waals surface area contributed by atoms with E-state index in [0.29, 0.717) is 18.2 Å². The minimum atomic E-state index is -4.03. The van der Waals surface area contributed by atoms with Crippen LogP contribution in [0.2, 0.25) is 0 Å². The van der Waals surface area contributed by atoms with E-state index in [4.69, 9.17) is 0 Å². The molecule has 0 N–H and O–H groups in total. The maximum atomic E-state index is 13.5. The summed E-state index contributed by atoms with van der Waals surface area (Å²) in [6, 6.07) is 11.6. The number of nitrogens with zero attached hydrogens (tertiary/aromatic N) is 2. The van der Waals surface area contributed by atoms with Crippen LogP contribution in [0, 0.1) is 11.6 Å². The first kappa shape index (κ1) is 16.7. The van der Waals surface area contributed by atoms with Gasteiger partial charge in [0.1, 0.15) is 11.6 Å². The van der Waals surface area contributed by atoms with Crippen LogP contribution in [0.4, 0.5) is 14.5 Å². The zero-order chi connectivity index (χ0) is 18.3. The maximum Gasteiger partial charge on any atom is 0.264 e. The Hall–Kier alpha value is -2.80. The predicted molar refractivity (Wildman–Crippen MR) is 94.3 cm³/mol. The van der Waals surface area contributed by atoms with E-state index >= 15 is 0 Å². The van der Waals surface area contributed by atoms with Crippen molar-refractivity contribution in [1.29, 1.82) is 0 Å². The van der Waals surface area contributed by atoms with Crippen molar-refractivity contribution in [2.75, 3.05) is 10.8 Å². The first-order valence-corrected chi connectivity index (χ1v) is 9.41. The molecule has 1 aromatic heterocycles. The highest BCUT2D eigenvalue weighted by Gasteiger charge is 2.31. The number of anilines is 1. The molecule has 0 saturated carbocycles. The molecule has 2 heterocycles. The van der Waals surface area contributed by atoms with Crippen LogP contribution < -0.4 is 4.31 Å². The number of hydrogen-bond donors (Lipinski definition) is 0. The molecule has 1 aliphatic rings. The largest absolute Gasteiger partial charge is 0.266 e. The molecule has 26 heavy (non-hydrogen) atoms. The monoisotopic (exact) mass is 372 g/mol. The Morgan fingerprint density at radius 2 is 1.58 bits per heavy atom. The Labute approximate surface area is 149 Å². The molecule has 0 bridgehead atoms. The number of benzene rings is 2. The Morgan fingerprint density at radius 3 is 2.27 bits per heavy atom. The smallest absolute Gasteiger partial charge is 0.264 e. The number of pyridine rings is 1. The Morgan fingerprint density at radius 1 is 0.885 bits per heavy atom. The molecule has 7 heteroatoms. The fraction of sp³-hybridized carbons (Fsp3) is 0.105. The van der Waals surface area contributed by atoms with Gasteiger partial charge in [0.15, 0.2) is 0 Å². The summed E-state index contributed by atoms with van der Waals surface area (Å²) in [7, 11) is -4.03. The van der Waals surface area contributed by atoms with Crippen molar-refractivity contribution in [3.63, 3.8) is 0 Å². The molecule has 0 atom stereocenters. The second kappa shape index (κ2) is 6.17. The average Bonchev–Trinajstić information content (AvgIpc) is 3.05. The van der Waals surface area contributed by atoms with Gasteiger partial charge in [-0.15, -0.1) is 0 Å². The van der Waals surface area contributed by atoms with Crippen LogP contribution in [-0.2, 0) is 16.4 Å². The summed E-state index contributed by atoms with van der Waals surface area (Å²) in [5, 5.41) is 0. The summed E-state index contributed by atoms with van der Waals surface area (Å²) in [5.41, 5.74) is 3.35. The van der Waals surface area contributed by atoms with E-state index in [9.17, 15) is 17.2 Å². The van der Waals surface area contributed by atoms with Crippen LogP contribution in [0.15, 0.2) is 65.8 Å². The van der Waals surface area contributed by atoms with Gasteiger partial charge in [0.2, 0.25) is 0 Å². The van der Waals surface area contributed by atoms with Crippen molar-refractivity contribution in [1.82, 2.24) is 4.98 Å². The number of sulfonamides is 1. The molecular weight excluding hydrogens is 358 g/mol. The van der Waals surface area contributed by atoms with Crippen LogP contribution in [0.25, 0.3) is 11.1 Å². The zero-order valence-corrected chi connectivity index (χ0v) is 14.4. The summed E-state index contributed by atoms with van der Waals surface area (Å²) >= 11 is 0. The predicted octanol–water partition coefficient (Wildman–Crippen LogP) is 3.78. The molecule has 0 saturated heterocycles. The highest BCUT2D eigenvalue weighted by molar-refractivity contribution is 7.92. The number of halogens is 2. The molecule has 3 aromatic rings. The van der Waals surface area contributed by atoms with E-state index < -0.39 is 21.7 Å². The van der Waals surface area contributed by atoms with Crippen LogP contribution in [0.5, 0.6) is 0 Å². The quantitative estimate of drug-likeness (QED) is 0.703. The SMILES string of the molecule is O=S(=O)(c1cc(F)cc(F)c1)N1CCc2cc(-c3ccncc3)ccc21. The van der Waals surface area contributed by atoms with E-state index in [1.807, 2.05) is 24.3 Å².